The summed E-state index contributed by atoms with van der Waals surface area (Å²) in [6.07, 6.45) is -9.93. The van der Waals surface area contributed by atoms with Crippen LogP contribution in [0.2, 0.25) is 0 Å². The summed E-state index contributed by atoms with van der Waals surface area (Å²) in [7, 11) is 0. The van der Waals surface area contributed by atoms with Crippen LogP contribution in [0.3, 0.4) is 0 Å². The standard InChI is InChI=1S/C25H46N8O10/c1-8(2)4-14(22(39)40)32-25(41)31-13(5-10-7-29-24(28)30-10)21(38)33-15-16(34)18(36)20(19(37)17(15)35)43-23-12(27)6-11(26)9(3)42-23/h8-20,23,34-37H,4-7,26-27H2,1-3H3,(H,33,38)(H,39,40)(H3,28,29,30)(H2,31,32,41). The van der Waals surface area contributed by atoms with Gasteiger partial charge in [0.1, 0.15) is 42.6 Å². The fourth-order valence-corrected chi connectivity index (χ4v) is 5.34. The molecule has 0 bridgehead atoms. The Labute approximate surface area is 248 Å². The Morgan fingerprint density at radius 2 is 1.65 bits per heavy atom. The second kappa shape index (κ2) is 14.8. The summed E-state index contributed by atoms with van der Waals surface area (Å²) in [6, 6.07) is -6.65. The zero-order chi connectivity index (χ0) is 32.2. The predicted octanol–water partition coefficient (Wildman–Crippen LogP) is -5.05. The van der Waals surface area contributed by atoms with Gasteiger partial charge in [0.25, 0.3) is 0 Å². The molecule has 11 unspecified atom stereocenters. The van der Waals surface area contributed by atoms with Crippen molar-refractivity contribution in [3.05, 3.63) is 0 Å². The van der Waals surface area contributed by atoms with Crippen molar-refractivity contribution in [1.29, 1.82) is 0 Å². The first-order valence-electron chi connectivity index (χ1n) is 14.3. The maximum atomic E-state index is 13.4. The largest absolute Gasteiger partial charge is 0.480 e. The SMILES string of the molecule is CC(C)CC(NC(=O)NC(CC1CN=C(N)N1)C(=O)NC1C(O)C(O)C(OC2OC(C)C(N)CC2N)C(O)C1O)C(=O)O. The van der Waals surface area contributed by atoms with Gasteiger partial charge in [-0.05, 0) is 32.1 Å². The van der Waals surface area contributed by atoms with E-state index < -0.39 is 91.0 Å². The number of ether oxygens (including phenoxy) is 2. The highest BCUT2D eigenvalue weighted by atomic mass is 16.7. The molecule has 11 atom stereocenters. The lowest BCUT2D eigenvalue weighted by molar-refractivity contribution is -0.282. The highest BCUT2D eigenvalue weighted by molar-refractivity contribution is 5.89. The summed E-state index contributed by atoms with van der Waals surface area (Å²) in [5, 5.41) is 62.8. The molecule has 0 radical (unpaired) electrons. The quantitative estimate of drug-likeness (QED) is 0.103. The monoisotopic (exact) mass is 618 g/mol. The number of carboxylic acid groups (broad SMARTS) is 1. The van der Waals surface area contributed by atoms with E-state index in [2.05, 4.69) is 26.3 Å². The topological polar surface area (TPSA) is 309 Å². The van der Waals surface area contributed by atoms with Crippen LogP contribution in [0.15, 0.2) is 4.99 Å². The smallest absolute Gasteiger partial charge is 0.326 e. The number of aliphatic hydroxyl groups is 4. The average molecular weight is 619 g/mol. The Morgan fingerprint density at radius 1 is 1.05 bits per heavy atom. The van der Waals surface area contributed by atoms with E-state index in [9.17, 15) is 39.9 Å². The fourth-order valence-electron chi connectivity index (χ4n) is 5.34. The third-order valence-electron chi connectivity index (χ3n) is 7.84. The molecule has 0 aromatic rings. The number of carbonyl (C=O) groups excluding carboxylic acids is 2. The first-order valence-corrected chi connectivity index (χ1v) is 14.3. The molecule has 3 aliphatic rings. The Bertz CT molecular complexity index is 1000. The molecule has 2 aliphatic heterocycles. The highest BCUT2D eigenvalue weighted by Gasteiger charge is 2.52. The van der Waals surface area contributed by atoms with E-state index in [4.69, 9.17) is 26.7 Å². The molecule has 1 saturated carbocycles. The first kappa shape index (κ1) is 34.6. The van der Waals surface area contributed by atoms with E-state index in [0.717, 1.165) is 0 Å². The van der Waals surface area contributed by atoms with Crippen LogP contribution in [0.25, 0.3) is 0 Å². The van der Waals surface area contributed by atoms with Crippen molar-refractivity contribution in [2.45, 2.75) is 119 Å². The van der Waals surface area contributed by atoms with E-state index in [1.54, 1.807) is 20.8 Å². The fraction of sp³-hybridized carbons (Fsp3) is 0.840. The van der Waals surface area contributed by atoms with Crippen LogP contribution in [0.4, 0.5) is 4.79 Å². The molecule has 18 nitrogen and oxygen atoms in total. The maximum Gasteiger partial charge on any atom is 0.326 e. The number of aliphatic imine (C=N–C) groups is 1. The number of rotatable bonds is 11. The number of amides is 3. The molecule has 2 heterocycles. The van der Waals surface area contributed by atoms with Crippen molar-refractivity contribution >= 4 is 23.9 Å². The molecular weight excluding hydrogens is 572 g/mol. The number of aliphatic carboxylic acids is 1. The van der Waals surface area contributed by atoms with Gasteiger partial charge >= 0.3 is 12.0 Å². The van der Waals surface area contributed by atoms with Gasteiger partial charge in [0, 0.05) is 6.04 Å². The molecule has 3 amide bonds. The summed E-state index contributed by atoms with van der Waals surface area (Å²) < 4.78 is 11.3. The Hall–Kier alpha value is -2.84. The van der Waals surface area contributed by atoms with Crippen molar-refractivity contribution in [3.63, 3.8) is 0 Å². The van der Waals surface area contributed by atoms with Crippen molar-refractivity contribution < 1.29 is 49.4 Å². The van der Waals surface area contributed by atoms with E-state index in [-0.39, 0.29) is 37.3 Å². The highest BCUT2D eigenvalue weighted by Crippen LogP contribution is 2.28. The lowest BCUT2D eigenvalue weighted by Crippen LogP contribution is -2.71. The number of carbonyl (C=O) groups is 3. The van der Waals surface area contributed by atoms with Gasteiger partial charge in [0.05, 0.1) is 30.8 Å². The van der Waals surface area contributed by atoms with E-state index in [0.29, 0.717) is 6.42 Å². The van der Waals surface area contributed by atoms with Gasteiger partial charge < -0.3 is 73.5 Å². The number of nitrogens with zero attached hydrogens (tertiary/aromatic N) is 1. The Morgan fingerprint density at radius 3 is 2.19 bits per heavy atom. The number of aliphatic hydroxyl groups excluding tert-OH is 4. The average Bonchev–Trinajstić information content (AvgIpc) is 3.33. The van der Waals surface area contributed by atoms with Gasteiger partial charge in [-0.25, -0.2) is 9.59 Å². The van der Waals surface area contributed by atoms with Gasteiger partial charge in [0.15, 0.2) is 12.2 Å². The third kappa shape index (κ3) is 8.85. The minimum Gasteiger partial charge on any atom is -0.480 e. The van der Waals surface area contributed by atoms with E-state index in [1.165, 1.54) is 0 Å². The third-order valence-corrected chi connectivity index (χ3v) is 7.84. The number of carboxylic acids is 1. The number of nitrogens with two attached hydrogens (primary N) is 3. The molecule has 15 N–H and O–H groups in total. The molecule has 1 saturated heterocycles. The van der Waals surface area contributed by atoms with Crippen molar-refractivity contribution in [3.8, 4) is 0 Å². The minimum absolute atomic E-state index is 0.0513. The van der Waals surface area contributed by atoms with E-state index in [1.807, 2.05) is 0 Å². The molecule has 18 heteroatoms. The van der Waals surface area contributed by atoms with Crippen LogP contribution in [0.1, 0.15) is 40.0 Å². The molecule has 3 rings (SSSR count). The second-order valence-electron chi connectivity index (χ2n) is 11.9. The molecule has 1 aliphatic carbocycles. The Balaban J connectivity index is 1.70. The number of urea groups is 1. The molecule has 43 heavy (non-hydrogen) atoms. The van der Waals surface area contributed by atoms with Gasteiger partial charge in [-0.2, -0.15) is 0 Å². The van der Waals surface area contributed by atoms with Crippen LogP contribution >= 0.6 is 0 Å². The summed E-state index contributed by atoms with van der Waals surface area (Å²) in [5.74, 6) is -2.08. The molecule has 0 spiro atoms. The van der Waals surface area contributed by atoms with Crippen LogP contribution in [-0.2, 0) is 19.1 Å². The number of nitrogens with one attached hydrogen (secondary N) is 4. The minimum atomic E-state index is -1.83. The lowest BCUT2D eigenvalue weighted by Gasteiger charge is -2.46. The van der Waals surface area contributed by atoms with Gasteiger partial charge in [-0.3, -0.25) is 9.79 Å². The summed E-state index contributed by atoms with van der Waals surface area (Å²) >= 11 is 0. The Kier molecular flexibility index (Phi) is 11.9. The van der Waals surface area contributed by atoms with Gasteiger partial charge in [0.2, 0.25) is 5.91 Å². The van der Waals surface area contributed by atoms with Gasteiger partial charge in [-0.15, -0.1) is 0 Å². The van der Waals surface area contributed by atoms with Crippen molar-refractivity contribution in [2.24, 2.45) is 28.1 Å². The molecule has 246 valence electrons. The summed E-state index contributed by atoms with van der Waals surface area (Å²) in [5.41, 5.74) is 17.7. The number of hydrogen-bond acceptors (Lipinski definition) is 14. The lowest BCUT2D eigenvalue weighted by atomic mass is 9.82. The summed E-state index contributed by atoms with van der Waals surface area (Å²) in [6.45, 7) is 5.46. The molecule has 2 fully saturated rings. The van der Waals surface area contributed by atoms with Crippen LogP contribution in [0.5, 0.6) is 0 Å². The second-order valence-corrected chi connectivity index (χ2v) is 11.9. The normalized spacial score (nSPS) is 37.5. The van der Waals surface area contributed by atoms with Crippen LogP contribution < -0.4 is 38.5 Å². The van der Waals surface area contributed by atoms with Crippen molar-refractivity contribution in [1.82, 2.24) is 21.3 Å². The number of hydrogen-bond donors (Lipinski definition) is 12. The molecule has 0 aromatic heterocycles. The predicted molar refractivity (Wildman–Crippen MR) is 150 cm³/mol. The van der Waals surface area contributed by atoms with E-state index >= 15 is 0 Å². The number of guanidine groups is 1. The van der Waals surface area contributed by atoms with Crippen LogP contribution in [0, 0.1) is 5.92 Å². The summed E-state index contributed by atoms with van der Waals surface area (Å²) in [4.78, 5) is 41.8. The van der Waals surface area contributed by atoms with Gasteiger partial charge in [-0.1, -0.05) is 13.8 Å². The zero-order valence-electron chi connectivity index (χ0n) is 24.4. The first-order chi connectivity index (χ1) is 20.1. The van der Waals surface area contributed by atoms with Crippen LogP contribution in [-0.4, -0.2) is 135 Å². The maximum absolute atomic E-state index is 13.4. The molecular formula is C25H46N8O10. The molecule has 0 aromatic carbocycles. The zero-order valence-corrected chi connectivity index (χ0v) is 24.4. The van der Waals surface area contributed by atoms with Crippen molar-refractivity contribution in [2.75, 3.05) is 6.54 Å².